The average molecular weight is 292 g/mol. The summed E-state index contributed by atoms with van der Waals surface area (Å²) in [4.78, 5) is 13.8. The maximum Gasteiger partial charge on any atom is 0.321 e. The van der Waals surface area contributed by atoms with Crippen molar-refractivity contribution in [2.45, 2.75) is 32.8 Å². The van der Waals surface area contributed by atoms with E-state index >= 15 is 0 Å². The smallest absolute Gasteiger partial charge is 0.321 e. The third-order valence-electron chi connectivity index (χ3n) is 3.57. The first-order valence-electron chi connectivity index (χ1n) is 7.47. The van der Waals surface area contributed by atoms with E-state index in [9.17, 15) is 4.79 Å². The number of carbonyl (C=O) groups excluding carboxylic acids is 1. The Hall–Kier alpha value is -1.75. The van der Waals surface area contributed by atoms with Crippen LogP contribution < -0.4 is 10.1 Å². The summed E-state index contributed by atoms with van der Waals surface area (Å²) in [7, 11) is 1.79. The molecule has 1 fully saturated rings. The average Bonchev–Trinajstić information content (AvgIpc) is 2.95. The van der Waals surface area contributed by atoms with Gasteiger partial charge in [-0.15, -0.1) is 0 Å². The molecule has 1 atom stereocenters. The minimum absolute atomic E-state index is 0.117. The molecular weight excluding hydrogens is 268 g/mol. The van der Waals surface area contributed by atoms with Gasteiger partial charge >= 0.3 is 6.03 Å². The molecule has 0 aromatic heterocycles. The van der Waals surface area contributed by atoms with Crippen molar-refractivity contribution in [1.29, 1.82) is 0 Å². The van der Waals surface area contributed by atoms with Gasteiger partial charge in [0.05, 0.1) is 12.7 Å². The summed E-state index contributed by atoms with van der Waals surface area (Å²) >= 11 is 0. The number of carbonyl (C=O) groups is 1. The van der Waals surface area contributed by atoms with Crippen molar-refractivity contribution < 1.29 is 14.3 Å². The van der Waals surface area contributed by atoms with E-state index in [0.717, 1.165) is 36.4 Å². The van der Waals surface area contributed by atoms with E-state index < -0.39 is 0 Å². The predicted octanol–water partition coefficient (Wildman–Crippen LogP) is 3.04. The first-order valence-corrected chi connectivity index (χ1v) is 7.47. The Kier molecular flexibility index (Phi) is 5.44. The fraction of sp³-hybridized carbons (Fsp3) is 0.562. The fourth-order valence-corrected chi connectivity index (χ4v) is 2.44. The van der Waals surface area contributed by atoms with Crippen LogP contribution in [0.4, 0.5) is 10.5 Å². The van der Waals surface area contributed by atoms with Crippen LogP contribution in [0.25, 0.3) is 0 Å². The number of anilines is 1. The zero-order valence-electron chi connectivity index (χ0n) is 13.0. The minimum Gasteiger partial charge on any atom is -0.494 e. The highest BCUT2D eigenvalue weighted by molar-refractivity contribution is 5.89. The lowest BCUT2D eigenvalue weighted by molar-refractivity contribution is 0.0894. The van der Waals surface area contributed by atoms with E-state index in [1.807, 2.05) is 32.0 Å². The number of nitrogens with one attached hydrogen (secondary N) is 1. The van der Waals surface area contributed by atoms with E-state index in [1.54, 1.807) is 11.9 Å². The Morgan fingerprint density at radius 2 is 2.33 bits per heavy atom. The zero-order valence-corrected chi connectivity index (χ0v) is 13.0. The third-order valence-corrected chi connectivity index (χ3v) is 3.57. The van der Waals surface area contributed by atoms with Crippen molar-refractivity contribution in [1.82, 2.24) is 4.90 Å². The van der Waals surface area contributed by atoms with Crippen molar-refractivity contribution in [2.24, 2.45) is 0 Å². The van der Waals surface area contributed by atoms with Crippen LogP contribution in [0.2, 0.25) is 0 Å². The molecule has 116 valence electrons. The summed E-state index contributed by atoms with van der Waals surface area (Å²) in [6.07, 6.45) is 2.28. The van der Waals surface area contributed by atoms with Crippen LogP contribution in [-0.4, -0.2) is 43.8 Å². The molecule has 1 aliphatic rings. The second-order valence-corrected chi connectivity index (χ2v) is 5.36. The highest BCUT2D eigenvalue weighted by atomic mass is 16.5. The van der Waals surface area contributed by atoms with Crippen molar-refractivity contribution in [3.05, 3.63) is 23.8 Å². The second kappa shape index (κ2) is 7.31. The van der Waals surface area contributed by atoms with Crippen molar-refractivity contribution in [2.75, 3.05) is 32.1 Å². The van der Waals surface area contributed by atoms with Gasteiger partial charge in [0, 0.05) is 25.9 Å². The summed E-state index contributed by atoms with van der Waals surface area (Å²) < 4.78 is 11.0. The van der Waals surface area contributed by atoms with Gasteiger partial charge in [0.1, 0.15) is 5.75 Å². The number of nitrogens with zero attached hydrogens (tertiary/aromatic N) is 1. The van der Waals surface area contributed by atoms with Crippen LogP contribution in [0.3, 0.4) is 0 Å². The van der Waals surface area contributed by atoms with E-state index in [-0.39, 0.29) is 12.1 Å². The van der Waals surface area contributed by atoms with Crippen molar-refractivity contribution in [3.8, 4) is 5.75 Å². The lowest BCUT2D eigenvalue weighted by Crippen LogP contribution is -2.37. The highest BCUT2D eigenvalue weighted by Gasteiger charge is 2.20. The number of amides is 2. The normalized spacial score (nSPS) is 17.6. The standard InChI is InChI=1S/C16H24N2O3/c1-4-20-15-8-7-13(10-12(15)2)17-16(19)18(3)11-14-6-5-9-21-14/h7-8,10,14H,4-6,9,11H2,1-3H3,(H,17,19)/t14-/m0/s1. The molecule has 1 aromatic rings. The van der Waals surface area contributed by atoms with Crippen LogP contribution >= 0.6 is 0 Å². The Balaban J connectivity index is 1.90. The number of likely N-dealkylation sites (N-methyl/N-ethyl adjacent to an activating group) is 1. The van der Waals surface area contributed by atoms with Gasteiger partial charge in [-0.1, -0.05) is 0 Å². The first kappa shape index (κ1) is 15.6. The van der Waals surface area contributed by atoms with Gasteiger partial charge in [-0.25, -0.2) is 4.79 Å². The van der Waals surface area contributed by atoms with Crippen molar-refractivity contribution in [3.63, 3.8) is 0 Å². The van der Waals surface area contributed by atoms with Crippen LogP contribution in [-0.2, 0) is 4.74 Å². The Labute approximate surface area is 126 Å². The molecule has 2 amide bonds. The molecule has 0 unspecified atom stereocenters. The number of rotatable bonds is 5. The van der Waals surface area contributed by atoms with E-state index in [0.29, 0.717) is 13.2 Å². The van der Waals surface area contributed by atoms with E-state index in [2.05, 4.69) is 5.32 Å². The Bertz CT molecular complexity index is 484. The fourth-order valence-electron chi connectivity index (χ4n) is 2.44. The Morgan fingerprint density at radius 1 is 1.52 bits per heavy atom. The lowest BCUT2D eigenvalue weighted by atomic mass is 10.2. The molecular formula is C16H24N2O3. The van der Waals surface area contributed by atoms with Gasteiger partial charge in [0.2, 0.25) is 0 Å². The molecule has 1 heterocycles. The number of ether oxygens (including phenoxy) is 2. The topological polar surface area (TPSA) is 50.8 Å². The Morgan fingerprint density at radius 3 is 2.95 bits per heavy atom. The summed E-state index contributed by atoms with van der Waals surface area (Å²) in [5.41, 5.74) is 1.79. The molecule has 5 heteroatoms. The largest absolute Gasteiger partial charge is 0.494 e. The summed E-state index contributed by atoms with van der Waals surface area (Å²) in [5.74, 6) is 0.850. The highest BCUT2D eigenvalue weighted by Crippen LogP contribution is 2.22. The van der Waals surface area contributed by atoms with Gasteiger partial charge in [-0.2, -0.15) is 0 Å². The van der Waals surface area contributed by atoms with Crippen LogP contribution in [0.5, 0.6) is 5.75 Å². The molecule has 2 rings (SSSR count). The predicted molar refractivity (Wildman–Crippen MR) is 83.0 cm³/mol. The molecule has 0 aliphatic carbocycles. The zero-order chi connectivity index (χ0) is 15.2. The van der Waals surface area contributed by atoms with Gasteiger partial charge < -0.3 is 19.7 Å². The molecule has 1 N–H and O–H groups in total. The molecule has 1 aliphatic heterocycles. The SMILES string of the molecule is CCOc1ccc(NC(=O)N(C)C[C@@H]2CCCO2)cc1C. The molecule has 0 bridgehead atoms. The molecule has 0 radical (unpaired) electrons. The maximum absolute atomic E-state index is 12.2. The summed E-state index contributed by atoms with van der Waals surface area (Å²) in [6, 6.07) is 5.54. The van der Waals surface area contributed by atoms with E-state index in [1.165, 1.54) is 0 Å². The molecule has 0 saturated carbocycles. The maximum atomic E-state index is 12.2. The molecule has 21 heavy (non-hydrogen) atoms. The van der Waals surface area contributed by atoms with E-state index in [4.69, 9.17) is 9.47 Å². The molecule has 1 saturated heterocycles. The number of hydrogen-bond acceptors (Lipinski definition) is 3. The van der Waals surface area contributed by atoms with Crippen molar-refractivity contribution >= 4 is 11.7 Å². The van der Waals surface area contributed by atoms with Crippen LogP contribution in [0.1, 0.15) is 25.3 Å². The summed E-state index contributed by atoms with van der Waals surface area (Å²) in [5, 5.41) is 2.90. The van der Waals surface area contributed by atoms with Gasteiger partial charge in [0.15, 0.2) is 0 Å². The van der Waals surface area contributed by atoms with Gasteiger partial charge in [-0.05, 0) is 50.5 Å². The second-order valence-electron chi connectivity index (χ2n) is 5.36. The number of urea groups is 1. The lowest BCUT2D eigenvalue weighted by Gasteiger charge is -2.21. The third kappa shape index (κ3) is 4.36. The molecule has 5 nitrogen and oxygen atoms in total. The van der Waals surface area contributed by atoms with Gasteiger partial charge in [0.25, 0.3) is 0 Å². The molecule has 0 spiro atoms. The monoisotopic (exact) mass is 292 g/mol. The minimum atomic E-state index is -0.117. The quantitative estimate of drug-likeness (QED) is 0.907. The summed E-state index contributed by atoms with van der Waals surface area (Å²) in [6.45, 7) is 5.99. The van der Waals surface area contributed by atoms with Crippen LogP contribution in [0, 0.1) is 6.92 Å². The van der Waals surface area contributed by atoms with Crippen LogP contribution in [0.15, 0.2) is 18.2 Å². The van der Waals surface area contributed by atoms with Gasteiger partial charge in [-0.3, -0.25) is 0 Å². The number of hydrogen-bond donors (Lipinski definition) is 1. The first-order chi connectivity index (χ1) is 10.1. The number of benzene rings is 1. The molecule has 1 aromatic carbocycles. The number of aryl methyl sites for hydroxylation is 1.